The molecule has 0 atom stereocenters. The minimum absolute atomic E-state index is 0.0333. The summed E-state index contributed by atoms with van der Waals surface area (Å²) in [6.07, 6.45) is -4.52. The fourth-order valence-electron chi connectivity index (χ4n) is 3.47. The van der Waals surface area contributed by atoms with Gasteiger partial charge in [-0.05, 0) is 41.8 Å². The highest BCUT2D eigenvalue weighted by molar-refractivity contribution is 8.00. The van der Waals surface area contributed by atoms with E-state index in [1.165, 1.54) is 23.5 Å². The maximum absolute atomic E-state index is 13.0. The molecule has 36 heavy (non-hydrogen) atoms. The van der Waals surface area contributed by atoms with Crippen molar-refractivity contribution < 1.29 is 22.7 Å². The number of para-hydroxylation sites is 1. The van der Waals surface area contributed by atoms with Crippen molar-refractivity contribution >= 4 is 34.7 Å². The Kier molecular flexibility index (Phi) is 7.62. The Morgan fingerprint density at radius 3 is 2.61 bits per heavy atom. The molecule has 182 valence electrons. The molecule has 0 radical (unpaired) electrons. The molecular formula is C26H18F3N3O2S2. The number of thioether (sulfide) groups is 1. The van der Waals surface area contributed by atoms with Crippen LogP contribution in [-0.4, -0.2) is 23.8 Å². The molecule has 0 unspecified atom stereocenters. The molecule has 1 N–H and O–H groups in total. The molecule has 0 aliphatic rings. The van der Waals surface area contributed by atoms with Crippen molar-refractivity contribution in [1.82, 2.24) is 4.98 Å². The van der Waals surface area contributed by atoms with Crippen LogP contribution in [0.1, 0.15) is 11.1 Å². The van der Waals surface area contributed by atoms with Gasteiger partial charge in [-0.2, -0.15) is 18.4 Å². The van der Waals surface area contributed by atoms with E-state index >= 15 is 0 Å². The van der Waals surface area contributed by atoms with E-state index < -0.39 is 17.6 Å². The topological polar surface area (TPSA) is 75.0 Å². The first-order chi connectivity index (χ1) is 17.3. The lowest BCUT2D eigenvalue weighted by Gasteiger charge is -2.14. The highest BCUT2D eigenvalue weighted by Gasteiger charge is 2.30. The summed E-state index contributed by atoms with van der Waals surface area (Å²) >= 11 is 2.52. The Hall–Kier alpha value is -3.81. The minimum atomic E-state index is -4.52. The van der Waals surface area contributed by atoms with E-state index in [0.717, 1.165) is 28.8 Å². The maximum Gasteiger partial charge on any atom is 0.416 e. The number of halogens is 3. The number of thiophene rings is 1. The van der Waals surface area contributed by atoms with Gasteiger partial charge in [0.25, 0.3) is 0 Å². The van der Waals surface area contributed by atoms with Crippen molar-refractivity contribution in [2.24, 2.45) is 0 Å². The number of hydrogen-bond acceptors (Lipinski definition) is 6. The number of amides is 1. The molecule has 2 aromatic heterocycles. The molecule has 0 aliphatic carbocycles. The van der Waals surface area contributed by atoms with E-state index in [2.05, 4.69) is 16.4 Å². The number of nitrogens with zero attached hydrogens (tertiary/aromatic N) is 2. The molecule has 0 saturated carbocycles. The van der Waals surface area contributed by atoms with Crippen molar-refractivity contribution in [2.75, 3.05) is 18.2 Å². The van der Waals surface area contributed by atoms with Crippen LogP contribution in [0.4, 0.5) is 18.9 Å². The van der Waals surface area contributed by atoms with Crippen LogP contribution in [0.2, 0.25) is 0 Å². The monoisotopic (exact) mass is 525 g/mol. The number of benzene rings is 2. The molecule has 0 aliphatic heterocycles. The van der Waals surface area contributed by atoms with Crippen LogP contribution >= 0.6 is 23.1 Å². The van der Waals surface area contributed by atoms with Crippen molar-refractivity contribution in [3.8, 4) is 33.5 Å². The van der Waals surface area contributed by atoms with E-state index in [1.807, 2.05) is 41.8 Å². The average molecular weight is 526 g/mol. The predicted molar refractivity (Wildman–Crippen MR) is 135 cm³/mol. The Morgan fingerprint density at radius 2 is 1.92 bits per heavy atom. The van der Waals surface area contributed by atoms with Crippen LogP contribution in [0.3, 0.4) is 0 Å². The Morgan fingerprint density at radius 1 is 1.11 bits per heavy atom. The zero-order chi connectivity index (χ0) is 25.7. The number of carbonyl (C=O) groups excluding carboxylic acids is 1. The molecule has 0 saturated heterocycles. The van der Waals surface area contributed by atoms with E-state index in [4.69, 9.17) is 4.74 Å². The first-order valence-electron chi connectivity index (χ1n) is 10.5. The minimum Gasteiger partial charge on any atom is -0.496 e. The van der Waals surface area contributed by atoms with Gasteiger partial charge < -0.3 is 10.1 Å². The fraction of sp³-hybridized carbons (Fsp3) is 0.115. The third-order valence-electron chi connectivity index (χ3n) is 5.08. The lowest BCUT2D eigenvalue weighted by atomic mass is 10.00. The van der Waals surface area contributed by atoms with Gasteiger partial charge in [0.05, 0.1) is 34.6 Å². The molecule has 0 fully saturated rings. The molecule has 0 spiro atoms. The number of aromatic nitrogens is 1. The molecule has 2 heterocycles. The summed E-state index contributed by atoms with van der Waals surface area (Å²) in [4.78, 5) is 18.1. The third-order valence-corrected chi connectivity index (χ3v) is 6.95. The Bertz CT molecular complexity index is 1430. The number of alkyl halides is 3. The number of nitrogens with one attached hydrogen (secondary N) is 1. The summed E-state index contributed by atoms with van der Waals surface area (Å²) in [5, 5.41) is 14.7. The Labute approximate surface area is 213 Å². The number of nitriles is 1. The van der Waals surface area contributed by atoms with Gasteiger partial charge in [0, 0.05) is 16.8 Å². The van der Waals surface area contributed by atoms with Crippen LogP contribution < -0.4 is 10.1 Å². The normalized spacial score (nSPS) is 11.1. The smallest absolute Gasteiger partial charge is 0.416 e. The van der Waals surface area contributed by atoms with E-state index in [9.17, 15) is 23.2 Å². The van der Waals surface area contributed by atoms with Crippen LogP contribution in [0.5, 0.6) is 5.75 Å². The van der Waals surface area contributed by atoms with Crippen molar-refractivity contribution in [1.29, 1.82) is 5.26 Å². The maximum atomic E-state index is 13.0. The summed E-state index contributed by atoms with van der Waals surface area (Å²) in [6.45, 7) is 0. The van der Waals surface area contributed by atoms with E-state index in [0.29, 0.717) is 27.6 Å². The van der Waals surface area contributed by atoms with Crippen molar-refractivity contribution in [2.45, 2.75) is 11.2 Å². The van der Waals surface area contributed by atoms with Gasteiger partial charge in [0.2, 0.25) is 5.91 Å². The summed E-state index contributed by atoms with van der Waals surface area (Å²) in [5.41, 5.74) is 1.39. The number of carbonyl (C=O) groups is 1. The van der Waals surface area contributed by atoms with Gasteiger partial charge in [-0.1, -0.05) is 42.1 Å². The average Bonchev–Trinajstić information content (AvgIpc) is 3.41. The molecule has 4 rings (SSSR count). The van der Waals surface area contributed by atoms with E-state index in [1.54, 1.807) is 13.2 Å². The summed E-state index contributed by atoms with van der Waals surface area (Å²) in [5.74, 6) is -0.0991. The van der Waals surface area contributed by atoms with Gasteiger partial charge in [-0.25, -0.2) is 4.98 Å². The Balaban J connectivity index is 1.65. The zero-order valence-electron chi connectivity index (χ0n) is 18.8. The number of ether oxygens (including phenoxy) is 1. The number of hydrogen-bond donors (Lipinski definition) is 1. The van der Waals surface area contributed by atoms with E-state index in [-0.39, 0.29) is 17.0 Å². The molecule has 2 aromatic carbocycles. The quantitative estimate of drug-likeness (QED) is 0.260. The number of pyridine rings is 1. The largest absolute Gasteiger partial charge is 0.496 e. The first kappa shape index (κ1) is 25.3. The second-order valence-corrected chi connectivity index (χ2v) is 9.35. The van der Waals surface area contributed by atoms with Crippen LogP contribution in [-0.2, 0) is 11.0 Å². The number of methoxy groups -OCH3 is 1. The summed E-state index contributed by atoms with van der Waals surface area (Å²) in [6, 6.07) is 19.5. The summed E-state index contributed by atoms with van der Waals surface area (Å²) < 4.78 is 44.4. The third kappa shape index (κ3) is 5.70. The van der Waals surface area contributed by atoms with Crippen molar-refractivity contribution in [3.05, 3.63) is 83.2 Å². The highest BCUT2D eigenvalue weighted by atomic mass is 32.2. The van der Waals surface area contributed by atoms with Gasteiger partial charge in [0.15, 0.2) is 0 Å². The van der Waals surface area contributed by atoms with Crippen molar-refractivity contribution in [3.63, 3.8) is 0 Å². The highest BCUT2D eigenvalue weighted by Crippen LogP contribution is 2.39. The van der Waals surface area contributed by atoms with Crippen LogP contribution in [0.25, 0.3) is 21.7 Å². The predicted octanol–water partition coefficient (Wildman–Crippen LogP) is 7.11. The van der Waals surface area contributed by atoms with Gasteiger partial charge in [-0.3, -0.25) is 4.79 Å². The molecule has 4 aromatic rings. The second-order valence-electron chi connectivity index (χ2n) is 7.44. The van der Waals surface area contributed by atoms with Gasteiger partial charge >= 0.3 is 6.18 Å². The van der Waals surface area contributed by atoms with Crippen LogP contribution in [0.15, 0.2) is 77.1 Å². The molecule has 5 nitrogen and oxygen atoms in total. The molecule has 0 bridgehead atoms. The number of rotatable bonds is 7. The second kappa shape index (κ2) is 10.8. The SMILES string of the molecule is COc1ccccc1-c1cc(-c2cccs2)nc(SCC(=O)Nc2cccc(C(F)(F)F)c2)c1C#N. The lowest BCUT2D eigenvalue weighted by molar-refractivity contribution is -0.137. The molecule has 1 amide bonds. The lowest BCUT2D eigenvalue weighted by Crippen LogP contribution is -2.15. The number of anilines is 1. The zero-order valence-corrected chi connectivity index (χ0v) is 20.4. The standard InChI is InChI=1S/C26H18F3N3O2S2/c1-34-22-9-3-2-8-18(22)19-13-21(23-10-5-11-35-23)32-25(20(19)14-30)36-15-24(33)31-17-7-4-6-16(12-17)26(27,28)29/h2-13H,15H2,1H3,(H,31,33). The molecule has 10 heteroatoms. The summed E-state index contributed by atoms with van der Waals surface area (Å²) in [7, 11) is 1.54. The first-order valence-corrected chi connectivity index (χ1v) is 12.4. The molecular weight excluding hydrogens is 507 g/mol. The van der Waals surface area contributed by atoms with Gasteiger partial charge in [0.1, 0.15) is 16.8 Å². The van der Waals surface area contributed by atoms with Gasteiger partial charge in [-0.15, -0.1) is 11.3 Å². The van der Waals surface area contributed by atoms with Crippen LogP contribution in [0, 0.1) is 11.3 Å². The fourth-order valence-corrected chi connectivity index (χ4v) is 4.96.